The van der Waals surface area contributed by atoms with E-state index in [1.807, 2.05) is 74.3 Å². The van der Waals surface area contributed by atoms with Gasteiger partial charge in [0.2, 0.25) is 11.8 Å². The van der Waals surface area contributed by atoms with Crippen LogP contribution in [0.4, 0.5) is 0 Å². The third-order valence-corrected chi connectivity index (χ3v) is 5.41. The van der Waals surface area contributed by atoms with Crippen molar-refractivity contribution in [3.8, 4) is 0 Å². The molecule has 4 heteroatoms. The Hall–Kier alpha value is -2.62. The van der Waals surface area contributed by atoms with Gasteiger partial charge < -0.3 is 10.2 Å². The SMILES string of the molecule is CC(=O)NC1c2ccccc2C[C@@H]1N(C)C(=O)C(C)(C)c1ccccc1. The van der Waals surface area contributed by atoms with Crippen molar-refractivity contribution < 1.29 is 9.59 Å². The third-order valence-electron chi connectivity index (χ3n) is 5.41. The first-order valence-electron chi connectivity index (χ1n) is 9.00. The molecule has 0 saturated carbocycles. The van der Waals surface area contributed by atoms with E-state index in [-0.39, 0.29) is 23.9 Å². The first-order valence-corrected chi connectivity index (χ1v) is 9.00. The minimum absolute atomic E-state index is 0.0526. The van der Waals surface area contributed by atoms with Crippen LogP contribution in [-0.4, -0.2) is 29.8 Å². The van der Waals surface area contributed by atoms with Crippen LogP contribution in [0.1, 0.15) is 43.5 Å². The van der Waals surface area contributed by atoms with Crippen molar-refractivity contribution in [3.05, 3.63) is 71.3 Å². The van der Waals surface area contributed by atoms with Crippen molar-refractivity contribution in [3.63, 3.8) is 0 Å². The average Bonchev–Trinajstić information content (AvgIpc) is 2.99. The Morgan fingerprint density at radius 2 is 1.65 bits per heavy atom. The zero-order valence-electron chi connectivity index (χ0n) is 15.8. The Morgan fingerprint density at radius 3 is 2.31 bits per heavy atom. The lowest BCUT2D eigenvalue weighted by molar-refractivity contribution is -0.138. The Bertz CT molecular complexity index is 814. The van der Waals surface area contributed by atoms with E-state index in [1.54, 1.807) is 0 Å². The lowest BCUT2D eigenvalue weighted by atomic mass is 9.82. The molecular weight excluding hydrogens is 324 g/mol. The molecule has 0 bridgehead atoms. The molecule has 0 aliphatic heterocycles. The lowest BCUT2D eigenvalue weighted by Gasteiger charge is -2.36. The van der Waals surface area contributed by atoms with E-state index in [0.29, 0.717) is 0 Å². The van der Waals surface area contributed by atoms with Gasteiger partial charge in [-0.05, 0) is 37.0 Å². The Balaban J connectivity index is 1.90. The summed E-state index contributed by atoms with van der Waals surface area (Å²) in [6.07, 6.45) is 0.744. The summed E-state index contributed by atoms with van der Waals surface area (Å²) in [5.74, 6) is -0.0308. The molecule has 0 spiro atoms. The zero-order valence-corrected chi connectivity index (χ0v) is 15.8. The molecular formula is C22H26N2O2. The summed E-state index contributed by atoms with van der Waals surface area (Å²) in [7, 11) is 1.85. The van der Waals surface area contributed by atoms with Gasteiger partial charge >= 0.3 is 0 Å². The van der Waals surface area contributed by atoms with Gasteiger partial charge in [-0.25, -0.2) is 0 Å². The molecule has 4 nitrogen and oxygen atoms in total. The maximum atomic E-state index is 13.3. The van der Waals surface area contributed by atoms with E-state index in [2.05, 4.69) is 11.4 Å². The zero-order chi connectivity index (χ0) is 18.9. The molecule has 2 amide bonds. The van der Waals surface area contributed by atoms with Crippen molar-refractivity contribution in [2.45, 2.75) is 44.7 Å². The molecule has 0 fully saturated rings. The van der Waals surface area contributed by atoms with Crippen LogP contribution >= 0.6 is 0 Å². The maximum Gasteiger partial charge on any atom is 0.232 e. The number of hydrogen-bond donors (Lipinski definition) is 1. The molecule has 26 heavy (non-hydrogen) atoms. The molecule has 3 rings (SSSR count). The molecule has 0 heterocycles. The van der Waals surface area contributed by atoms with Gasteiger partial charge in [0.05, 0.1) is 17.5 Å². The van der Waals surface area contributed by atoms with Crippen molar-refractivity contribution in [1.82, 2.24) is 10.2 Å². The van der Waals surface area contributed by atoms with E-state index in [9.17, 15) is 9.59 Å². The number of rotatable bonds is 4. The van der Waals surface area contributed by atoms with Gasteiger partial charge in [0, 0.05) is 14.0 Å². The molecule has 2 aromatic rings. The molecule has 1 aliphatic rings. The number of likely N-dealkylation sites (N-methyl/N-ethyl adjacent to an activating group) is 1. The van der Waals surface area contributed by atoms with E-state index >= 15 is 0 Å². The number of carbonyl (C=O) groups excluding carboxylic acids is 2. The highest BCUT2D eigenvalue weighted by molar-refractivity contribution is 5.87. The van der Waals surface area contributed by atoms with Crippen LogP contribution < -0.4 is 5.32 Å². The Labute approximate surface area is 155 Å². The van der Waals surface area contributed by atoms with Gasteiger partial charge in [-0.3, -0.25) is 9.59 Å². The number of fused-ring (bicyclic) bond motifs is 1. The number of hydrogen-bond acceptors (Lipinski definition) is 2. The summed E-state index contributed by atoms with van der Waals surface area (Å²) >= 11 is 0. The number of nitrogens with one attached hydrogen (secondary N) is 1. The Morgan fingerprint density at radius 1 is 1.04 bits per heavy atom. The van der Waals surface area contributed by atoms with Crippen molar-refractivity contribution in [1.29, 1.82) is 0 Å². The molecule has 1 unspecified atom stereocenters. The highest BCUT2D eigenvalue weighted by Gasteiger charge is 2.41. The monoisotopic (exact) mass is 350 g/mol. The second-order valence-electron chi connectivity index (χ2n) is 7.56. The van der Waals surface area contributed by atoms with E-state index < -0.39 is 5.41 Å². The molecule has 0 saturated heterocycles. The molecule has 0 aromatic heterocycles. The number of nitrogens with zero attached hydrogens (tertiary/aromatic N) is 1. The summed E-state index contributed by atoms with van der Waals surface area (Å²) in [5.41, 5.74) is 2.65. The minimum atomic E-state index is -0.633. The van der Waals surface area contributed by atoms with E-state index in [0.717, 1.165) is 17.5 Å². The maximum absolute atomic E-state index is 13.3. The average molecular weight is 350 g/mol. The van der Waals surface area contributed by atoms with Crippen LogP contribution in [-0.2, 0) is 21.4 Å². The molecule has 2 atom stereocenters. The van der Waals surface area contributed by atoms with Gasteiger partial charge in [0.15, 0.2) is 0 Å². The van der Waals surface area contributed by atoms with Crippen LogP contribution in [0.25, 0.3) is 0 Å². The number of benzene rings is 2. The van der Waals surface area contributed by atoms with Gasteiger partial charge in [-0.1, -0.05) is 54.6 Å². The van der Waals surface area contributed by atoms with Gasteiger partial charge in [0.25, 0.3) is 0 Å². The van der Waals surface area contributed by atoms with Crippen LogP contribution in [0.15, 0.2) is 54.6 Å². The topological polar surface area (TPSA) is 49.4 Å². The first-order chi connectivity index (χ1) is 12.3. The van der Waals surface area contributed by atoms with Crippen LogP contribution in [0, 0.1) is 0 Å². The molecule has 136 valence electrons. The van der Waals surface area contributed by atoms with Gasteiger partial charge in [-0.15, -0.1) is 0 Å². The molecule has 0 radical (unpaired) electrons. The summed E-state index contributed by atoms with van der Waals surface area (Å²) in [6, 6.07) is 17.7. The number of carbonyl (C=O) groups is 2. The van der Waals surface area contributed by atoms with Gasteiger partial charge in [0.1, 0.15) is 0 Å². The quantitative estimate of drug-likeness (QED) is 0.920. The van der Waals surface area contributed by atoms with Crippen molar-refractivity contribution >= 4 is 11.8 Å². The highest BCUT2D eigenvalue weighted by Crippen LogP contribution is 2.36. The largest absolute Gasteiger partial charge is 0.347 e. The molecule has 1 aliphatic carbocycles. The predicted octanol–water partition coefficient (Wildman–Crippen LogP) is 3.22. The molecule has 1 N–H and O–H groups in total. The Kier molecular flexibility index (Phi) is 4.86. The van der Waals surface area contributed by atoms with Crippen LogP contribution in [0.2, 0.25) is 0 Å². The van der Waals surface area contributed by atoms with E-state index in [1.165, 1.54) is 12.5 Å². The minimum Gasteiger partial charge on any atom is -0.347 e. The fraction of sp³-hybridized carbons (Fsp3) is 0.364. The lowest BCUT2D eigenvalue weighted by Crippen LogP contribution is -2.50. The predicted molar refractivity (Wildman–Crippen MR) is 103 cm³/mol. The van der Waals surface area contributed by atoms with Crippen LogP contribution in [0.5, 0.6) is 0 Å². The first kappa shape index (κ1) is 18.2. The summed E-state index contributed by atoms with van der Waals surface area (Å²) in [6.45, 7) is 5.43. The third kappa shape index (κ3) is 3.24. The summed E-state index contributed by atoms with van der Waals surface area (Å²) in [5, 5.41) is 3.04. The normalized spacial score (nSPS) is 18.9. The highest BCUT2D eigenvalue weighted by atomic mass is 16.2. The fourth-order valence-corrected chi connectivity index (χ4v) is 3.90. The number of amides is 2. The standard InChI is InChI=1S/C22H26N2O2/c1-15(25)23-20-18-13-9-8-10-16(18)14-19(20)24(4)21(26)22(2,3)17-11-6-5-7-12-17/h5-13,19-20H,14H2,1-4H3,(H,23,25)/t19-,20?/m0/s1. The smallest absolute Gasteiger partial charge is 0.232 e. The van der Waals surface area contributed by atoms with Crippen molar-refractivity contribution in [2.75, 3.05) is 7.05 Å². The second kappa shape index (κ2) is 6.94. The van der Waals surface area contributed by atoms with Crippen LogP contribution in [0.3, 0.4) is 0 Å². The summed E-state index contributed by atoms with van der Waals surface area (Å²) < 4.78 is 0. The molecule has 2 aromatic carbocycles. The van der Waals surface area contributed by atoms with Crippen molar-refractivity contribution in [2.24, 2.45) is 0 Å². The van der Waals surface area contributed by atoms with E-state index in [4.69, 9.17) is 0 Å². The second-order valence-corrected chi connectivity index (χ2v) is 7.56. The van der Waals surface area contributed by atoms with Gasteiger partial charge in [-0.2, -0.15) is 0 Å². The fourth-order valence-electron chi connectivity index (χ4n) is 3.90. The summed E-state index contributed by atoms with van der Waals surface area (Å²) in [4.78, 5) is 26.9.